The van der Waals surface area contributed by atoms with Gasteiger partial charge in [-0.05, 0) is 24.6 Å². The van der Waals surface area contributed by atoms with Crippen molar-refractivity contribution in [2.24, 2.45) is 0 Å². The molecule has 1 N–H and O–H groups in total. The van der Waals surface area contributed by atoms with Gasteiger partial charge in [0.15, 0.2) is 0 Å². The molecule has 1 amide bonds. The second-order valence-electron chi connectivity index (χ2n) is 6.48. The van der Waals surface area contributed by atoms with E-state index in [9.17, 15) is 4.79 Å². The Bertz CT molecular complexity index is 961. The monoisotopic (exact) mass is 350 g/mol. The van der Waals surface area contributed by atoms with E-state index < -0.39 is 0 Å². The van der Waals surface area contributed by atoms with Crippen LogP contribution in [0.4, 0.5) is 0 Å². The molecule has 0 fully saturated rings. The second kappa shape index (κ2) is 6.75. The van der Waals surface area contributed by atoms with Gasteiger partial charge >= 0.3 is 0 Å². The number of amides is 1. The van der Waals surface area contributed by atoms with Crippen LogP contribution in [0.25, 0.3) is 10.9 Å². The zero-order chi connectivity index (χ0) is 18.1. The summed E-state index contributed by atoms with van der Waals surface area (Å²) in [5, 5.41) is 4.05. The van der Waals surface area contributed by atoms with Gasteiger partial charge in [-0.25, -0.2) is 0 Å². The first-order valence-electron chi connectivity index (χ1n) is 8.90. The average Bonchev–Trinajstić information content (AvgIpc) is 3.06. The molecule has 1 aliphatic heterocycles. The maximum absolute atomic E-state index is 12.9. The number of hydrogen-bond donors (Lipinski definition) is 1. The van der Waals surface area contributed by atoms with E-state index in [0.29, 0.717) is 18.8 Å². The van der Waals surface area contributed by atoms with E-state index in [0.717, 1.165) is 34.4 Å². The van der Waals surface area contributed by atoms with Gasteiger partial charge in [-0.1, -0.05) is 37.3 Å². The SMILES string of the molecule is CC[C@@H]1Cn2c(C(=O)NCc3ccccc3OC)cc3cccc(c32)O1. The van der Waals surface area contributed by atoms with Gasteiger partial charge in [0, 0.05) is 17.5 Å². The number of para-hydroxylation sites is 2. The quantitative estimate of drug-likeness (QED) is 0.762. The van der Waals surface area contributed by atoms with Crippen molar-refractivity contribution >= 4 is 16.8 Å². The van der Waals surface area contributed by atoms with Crippen molar-refractivity contribution in [3.8, 4) is 11.5 Å². The Morgan fingerprint density at radius 2 is 2.12 bits per heavy atom. The van der Waals surface area contributed by atoms with Crippen LogP contribution in [0.5, 0.6) is 11.5 Å². The summed E-state index contributed by atoms with van der Waals surface area (Å²) in [7, 11) is 1.64. The van der Waals surface area contributed by atoms with Crippen LogP contribution in [-0.4, -0.2) is 23.7 Å². The van der Waals surface area contributed by atoms with E-state index in [1.165, 1.54) is 0 Å². The molecule has 1 atom stereocenters. The molecule has 1 aromatic heterocycles. The Kier molecular flexibility index (Phi) is 4.29. The van der Waals surface area contributed by atoms with Crippen molar-refractivity contribution in [3.63, 3.8) is 0 Å². The normalized spacial score (nSPS) is 15.5. The topological polar surface area (TPSA) is 52.5 Å². The average molecular weight is 350 g/mol. The minimum atomic E-state index is -0.0881. The number of carbonyl (C=O) groups excluding carboxylic acids is 1. The van der Waals surface area contributed by atoms with E-state index in [4.69, 9.17) is 9.47 Å². The summed E-state index contributed by atoms with van der Waals surface area (Å²) in [6.45, 7) is 3.21. The molecule has 0 bridgehead atoms. The first-order chi connectivity index (χ1) is 12.7. The summed E-state index contributed by atoms with van der Waals surface area (Å²) in [4.78, 5) is 12.9. The lowest BCUT2D eigenvalue weighted by Crippen LogP contribution is -2.31. The van der Waals surface area contributed by atoms with Crippen LogP contribution in [0.3, 0.4) is 0 Å². The van der Waals surface area contributed by atoms with Crippen LogP contribution >= 0.6 is 0 Å². The number of hydrogen-bond acceptors (Lipinski definition) is 3. The summed E-state index contributed by atoms with van der Waals surface area (Å²) in [6.07, 6.45) is 0.984. The molecule has 0 unspecified atom stereocenters. The predicted octanol–water partition coefficient (Wildman–Crippen LogP) is 3.75. The lowest BCUT2D eigenvalue weighted by Gasteiger charge is -2.26. The van der Waals surface area contributed by atoms with E-state index in [1.807, 2.05) is 48.5 Å². The first-order valence-corrected chi connectivity index (χ1v) is 8.90. The highest BCUT2D eigenvalue weighted by atomic mass is 16.5. The Morgan fingerprint density at radius 3 is 2.92 bits per heavy atom. The molecule has 0 saturated carbocycles. The molecule has 5 nitrogen and oxygen atoms in total. The Labute approximate surface area is 152 Å². The summed E-state index contributed by atoms with van der Waals surface area (Å²) in [5.74, 6) is 1.54. The molecule has 0 saturated heterocycles. The van der Waals surface area contributed by atoms with Gasteiger partial charge in [-0.15, -0.1) is 0 Å². The number of aromatic nitrogens is 1. The molecule has 2 aromatic carbocycles. The molecular formula is C21H22N2O3. The molecular weight excluding hydrogens is 328 g/mol. The summed E-state index contributed by atoms with van der Waals surface area (Å²) in [6, 6.07) is 15.6. The highest BCUT2D eigenvalue weighted by Gasteiger charge is 2.25. The van der Waals surface area contributed by atoms with Gasteiger partial charge in [-0.2, -0.15) is 0 Å². The Balaban J connectivity index is 1.63. The van der Waals surface area contributed by atoms with Crippen LogP contribution in [0.15, 0.2) is 48.5 Å². The molecule has 3 aromatic rings. The maximum atomic E-state index is 12.9. The third kappa shape index (κ3) is 2.79. The predicted molar refractivity (Wildman–Crippen MR) is 101 cm³/mol. The molecule has 2 heterocycles. The van der Waals surface area contributed by atoms with Crippen LogP contribution in [0.2, 0.25) is 0 Å². The molecule has 1 aliphatic rings. The van der Waals surface area contributed by atoms with Gasteiger partial charge in [0.05, 0.1) is 19.2 Å². The van der Waals surface area contributed by atoms with Crippen LogP contribution < -0.4 is 14.8 Å². The van der Waals surface area contributed by atoms with Crippen LogP contribution in [-0.2, 0) is 13.1 Å². The fourth-order valence-electron chi connectivity index (χ4n) is 3.51. The number of nitrogens with one attached hydrogen (secondary N) is 1. The van der Waals surface area contributed by atoms with Gasteiger partial charge < -0.3 is 19.4 Å². The third-order valence-corrected chi connectivity index (χ3v) is 4.88. The molecule has 26 heavy (non-hydrogen) atoms. The minimum absolute atomic E-state index is 0.0845. The first kappa shape index (κ1) is 16.5. The smallest absolute Gasteiger partial charge is 0.268 e. The maximum Gasteiger partial charge on any atom is 0.268 e. The standard InChI is InChI=1S/C21H22N2O3/c1-3-16-13-23-17(11-14-8-6-10-19(26-16)20(14)23)21(24)22-12-15-7-4-5-9-18(15)25-2/h4-11,16H,3,12-13H2,1-2H3,(H,22,24)/t16-/m1/s1. The zero-order valence-corrected chi connectivity index (χ0v) is 15.0. The molecule has 0 spiro atoms. The number of nitrogens with zero attached hydrogens (tertiary/aromatic N) is 1. The van der Waals surface area contributed by atoms with Crippen molar-refractivity contribution < 1.29 is 14.3 Å². The van der Waals surface area contributed by atoms with Crippen molar-refractivity contribution in [2.75, 3.05) is 7.11 Å². The molecule has 0 aliphatic carbocycles. The molecule has 0 radical (unpaired) electrons. The van der Waals surface area contributed by atoms with Gasteiger partial charge in [0.25, 0.3) is 5.91 Å². The van der Waals surface area contributed by atoms with E-state index in [-0.39, 0.29) is 12.0 Å². The number of rotatable bonds is 5. The number of ether oxygens (including phenoxy) is 2. The summed E-state index contributed by atoms with van der Waals surface area (Å²) in [5.41, 5.74) is 2.62. The lowest BCUT2D eigenvalue weighted by atomic mass is 10.2. The molecule has 5 heteroatoms. The van der Waals surface area contributed by atoms with Crippen molar-refractivity contribution in [3.05, 3.63) is 59.8 Å². The van der Waals surface area contributed by atoms with Gasteiger partial charge in [-0.3, -0.25) is 4.79 Å². The van der Waals surface area contributed by atoms with Crippen molar-refractivity contribution in [1.82, 2.24) is 9.88 Å². The lowest BCUT2D eigenvalue weighted by molar-refractivity contribution is 0.0935. The molecule has 134 valence electrons. The molecule has 4 rings (SSSR count). The highest BCUT2D eigenvalue weighted by molar-refractivity contribution is 6.00. The van der Waals surface area contributed by atoms with Crippen LogP contribution in [0.1, 0.15) is 29.4 Å². The largest absolute Gasteiger partial charge is 0.496 e. The third-order valence-electron chi connectivity index (χ3n) is 4.88. The zero-order valence-electron chi connectivity index (χ0n) is 15.0. The van der Waals surface area contributed by atoms with Crippen LogP contribution in [0, 0.1) is 0 Å². The van der Waals surface area contributed by atoms with Gasteiger partial charge in [0.2, 0.25) is 0 Å². The number of carbonyl (C=O) groups is 1. The Hall–Kier alpha value is -2.95. The minimum Gasteiger partial charge on any atom is -0.496 e. The van der Waals surface area contributed by atoms with Gasteiger partial charge in [0.1, 0.15) is 23.3 Å². The van der Waals surface area contributed by atoms with E-state index in [2.05, 4.69) is 16.8 Å². The van der Waals surface area contributed by atoms with E-state index in [1.54, 1.807) is 7.11 Å². The number of methoxy groups -OCH3 is 1. The van der Waals surface area contributed by atoms with Crippen molar-refractivity contribution in [2.45, 2.75) is 32.5 Å². The summed E-state index contributed by atoms with van der Waals surface area (Å²) < 4.78 is 13.5. The second-order valence-corrected chi connectivity index (χ2v) is 6.48. The number of benzene rings is 2. The van der Waals surface area contributed by atoms with Crippen molar-refractivity contribution in [1.29, 1.82) is 0 Å². The fraction of sp³-hybridized carbons (Fsp3) is 0.286. The Morgan fingerprint density at radius 1 is 1.27 bits per heavy atom. The summed E-state index contributed by atoms with van der Waals surface area (Å²) >= 11 is 0. The van der Waals surface area contributed by atoms with E-state index >= 15 is 0 Å². The fourth-order valence-corrected chi connectivity index (χ4v) is 3.51. The highest BCUT2D eigenvalue weighted by Crippen LogP contribution is 2.34.